The highest BCUT2D eigenvalue weighted by molar-refractivity contribution is 6.30. The predicted molar refractivity (Wildman–Crippen MR) is 51.4 cm³/mol. The minimum Gasteiger partial charge on any atom is -0.342 e. The van der Waals surface area contributed by atoms with E-state index in [-0.39, 0.29) is 5.91 Å². The highest BCUT2D eigenvalue weighted by Gasteiger charge is 2.03. The maximum absolute atomic E-state index is 10.9. The number of nitrogens with zero attached hydrogens (tertiary/aromatic N) is 2. The second kappa shape index (κ2) is 4.23. The van der Waals surface area contributed by atoms with Crippen molar-refractivity contribution in [3.8, 4) is 0 Å². The molecule has 1 aromatic heterocycles. The number of rotatable bonds is 2. The van der Waals surface area contributed by atoms with Crippen LogP contribution in [0.25, 0.3) is 0 Å². The molecule has 0 saturated heterocycles. The number of hydrogen-bond acceptors (Lipinski definition) is 2. The first-order valence-corrected chi connectivity index (χ1v) is 4.28. The van der Waals surface area contributed by atoms with E-state index in [1.165, 1.54) is 6.92 Å². The van der Waals surface area contributed by atoms with E-state index < -0.39 is 0 Å². The Morgan fingerprint density at radius 1 is 1.62 bits per heavy atom. The lowest BCUT2D eigenvalue weighted by Crippen LogP contribution is -2.23. The van der Waals surface area contributed by atoms with Crippen LogP contribution in [-0.2, 0) is 11.3 Å². The van der Waals surface area contributed by atoms with Gasteiger partial charge in [-0.15, -0.1) is 0 Å². The van der Waals surface area contributed by atoms with Crippen molar-refractivity contribution in [3.05, 3.63) is 29.0 Å². The van der Waals surface area contributed by atoms with Gasteiger partial charge in [0, 0.05) is 32.9 Å². The molecule has 0 aliphatic rings. The van der Waals surface area contributed by atoms with Gasteiger partial charge in [0.25, 0.3) is 0 Å². The fraction of sp³-hybridized carbons (Fsp3) is 0.333. The smallest absolute Gasteiger partial charge is 0.219 e. The fourth-order valence-corrected chi connectivity index (χ4v) is 1.12. The summed E-state index contributed by atoms with van der Waals surface area (Å²) in [6.07, 6.45) is 3.27. The van der Waals surface area contributed by atoms with Gasteiger partial charge in [0.05, 0.1) is 5.02 Å². The quantitative estimate of drug-likeness (QED) is 0.725. The van der Waals surface area contributed by atoms with E-state index in [1.54, 1.807) is 30.4 Å². The fourth-order valence-electron chi connectivity index (χ4n) is 0.928. The van der Waals surface area contributed by atoms with Crippen molar-refractivity contribution in [1.82, 2.24) is 9.88 Å². The predicted octanol–water partition coefficient (Wildman–Crippen LogP) is 1.71. The average Bonchev–Trinajstić information content (AvgIpc) is 2.04. The second-order valence-electron chi connectivity index (χ2n) is 2.89. The molecule has 0 atom stereocenters. The minimum absolute atomic E-state index is 0.0278. The first kappa shape index (κ1) is 9.99. The van der Waals surface area contributed by atoms with E-state index in [9.17, 15) is 4.79 Å². The highest BCUT2D eigenvalue weighted by atomic mass is 35.5. The van der Waals surface area contributed by atoms with Gasteiger partial charge in [0.1, 0.15) is 0 Å². The van der Waals surface area contributed by atoms with Crippen molar-refractivity contribution >= 4 is 17.5 Å². The van der Waals surface area contributed by atoms with Gasteiger partial charge in [-0.1, -0.05) is 11.6 Å². The van der Waals surface area contributed by atoms with Crippen molar-refractivity contribution in [3.63, 3.8) is 0 Å². The summed E-state index contributed by atoms with van der Waals surface area (Å²) in [6, 6.07) is 1.80. The molecular weight excluding hydrogens is 188 g/mol. The zero-order valence-electron chi connectivity index (χ0n) is 7.62. The van der Waals surface area contributed by atoms with Crippen LogP contribution in [0.4, 0.5) is 0 Å². The molecule has 1 amide bonds. The highest BCUT2D eigenvalue weighted by Crippen LogP contribution is 2.09. The summed E-state index contributed by atoms with van der Waals surface area (Å²) in [5.74, 6) is 0.0278. The van der Waals surface area contributed by atoms with Crippen LogP contribution in [0.3, 0.4) is 0 Å². The van der Waals surface area contributed by atoms with Crippen LogP contribution in [0.15, 0.2) is 18.5 Å². The van der Waals surface area contributed by atoms with E-state index in [0.29, 0.717) is 11.6 Å². The number of carbonyl (C=O) groups excluding carboxylic acids is 1. The second-order valence-corrected chi connectivity index (χ2v) is 3.32. The van der Waals surface area contributed by atoms with Crippen LogP contribution < -0.4 is 0 Å². The number of pyridine rings is 1. The van der Waals surface area contributed by atoms with Gasteiger partial charge >= 0.3 is 0 Å². The monoisotopic (exact) mass is 198 g/mol. The standard InChI is InChI=1S/C9H11ClN2O/c1-7(13)12(2)6-8-3-9(10)5-11-4-8/h3-5H,6H2,1-2H3. The Kier molecular flexibility index (Phi) is 3.25. The molecular formula is C9H11ClN2O. The summed E-state index contributed by atoms with van der Waals surface area (Å²) in [7, 11) is 1.74. The summed E-state index contributed by atoms with van der Waals surface area (Å²) < 4.78 is 0. The zero-order chi connectivity index (χ0) is 9.84. The molecule has 0 aliphatic heterocycles. The van der Waals surface area contributed by atoms with Gasteiger partial charge in [0.2, 0.25) is 5.91 Å². The maximum atomic E-state index is 10.9. The van der Waals surface area contributed by atoms with Crippen molar-refractivity contribution in [2.24, 2.45) is 0 Å². The molecule has 0 unspecified atom stereocenters. The number of amides is 1. The van der Waals surface area contributed by atoms with Gasteiger partial charge < -0.3 is 4.90 Å². The largest absolute Gasteiger partial charge is 0.342 e. The molecule has 4 heteroatoms. The average molecular weight is 199 g/mol. The minimum atomic E-state index is 0.0278. The van der Waals surface area contributed by atoms with Crippen molar-refractivity contribution in [2.75, 3.05) is 7.05 Å². The molecule has 70 valence electrons. The molecule has 0 fully saturated rings. The summed E-state index contributed by atoms with van der Waals surface area (Å²) in [6.45, 7) is 2.07. The first-order valence-electron chi connectivity index (χ1n) is 3.90. The summed E-state index contributed by atoms with van der Waals surface area (Å²) in [5.41, 5.74) is 0.935. The molecule has 0 spiro atoms. The third kappa shape index (κ3) is 3.03. The molecule has 0 aliphatic carbocycles. The van der Waals surface area contributed by atoms with Crippen LogP contribution >= 0.6 is 11.6 Å². The van der Waals surface area contributed by atoms with Crippen LogP contribution in [0.2, 0.25) is 5.02 Å². The summed E-state index contributed by atoms with van der Waals surface area (Å²) >= 11 is 5.74. The Morgan fingerprint density at radius 3 is 2.85 bits per heavy atom. The Balaban J connectivity index is 2.69. The van der Waals surface area contributed by atoms with Gasteiger partial charge in [-0.25, -0.2) is 0 Å². The van der Waals surface area contributed by atoms with E-state index in [1.807, 2.05) is 0 Å². The van der Waals surface area contributed by atoms with Crippen LogP contribution in [0.5, 0.6) is 0 Å². The Bertz CT molecular complexity index is 314. The molecule has 0 N–H and O–H groups in total. The number of halogens is 1. The molecule has 0 radical (unpaired) electrons. The van der Waals surface area contributed by atoms with Crippen LogP contribution in [-0.4, -0.2) is 22.8 Å². The Morgan fingerprint density at radius 2 is 2.31 bits per heavy atom. The number of hydrogen-bond donors (Lipinski definition) is 0. The van der Waals surface area contributed by atoms with E-state index in [4.69, 9.17) is 11.6 Å². The van der Waals surface area contributed by atoms with Gasteiger partial charge in [-0.05, 0) is 11.6 Å². The van der Waals surface area contributed by atoms with Gasteiger partial charge in [-0.3, -0.25) is 9.78 Å². The third-order valence-corrected chi connectivity index (χ3v) is 1.93. The Labute approximate surface area is 82.3 Å². The van der Waals surface area contributed by atoms with E-state index in [0.717, 1.165) is 5.56 Å². The molecule has 1 heterocycles. The summed E-state index contributed by atoms with van der Waals surface area (Å²) in [4.78, 5) is 16.4. The Hall–Kier alpha value is -1.09. The van der Waals surface area contributed by atoms with Crippen molar-refractivity contribution in [2.45, 2.75) is 13.5 Å². The molecule has 0 aromatic carbocycles. The topological polar surface area (TPSA) is 33.2 Å². The molecule has 0 saturated carbocycles. The lowest BCUT2D eigenvalue weighted by Gasteiger charge is -2.14. The molecule has 1 aromatic rings. The SMILES string of the molecule is CC(=O)N(C)Cc1cncc(Cl)c1. The molecule has 3 nitrogen and oxygen atoms in total. The van der Waals surface area contributed by atoms with Crippen LogP contribution in [0, 0.1) is 0 Å². The van der Waals surface area contributed by atoms with Crippen molar-refractivity contribution < 1.29 is 4.79 Å². The van der Waals surface area contributed by atoms with E-state index >= 15 is 0 Å². The molecule has 1 rings (SSSR count). The molecule has 13 heavy (non-hydrogen) atoms. The number of aromatic nitrogens is 1. The number of carbonyl (C=O) groups is 1. The lowest BCUT2D eigenvalue weighted by molar-refractivity contribution is -0.128. The first-order chi connectivity index (χ1) is 6.09. The normalized spacial score (nSPS) is 9.77. The van der Waals surface area contributed by atoms with Crippen molar-refractivity contribution in [1.29, 1.82) is 0 Å². The van der Waals surface area contributed by atoms with Crippen LogP contribution in [0.1, 0.15) is 12.5 Å². The van der Waals surface area contributed by atoms with E-state index in [2.05, 4.69) is 4.98 Å². The molecule has 0 bridgehead atoms. The lowest BCUT2D eigenvalue weighted by atomic mass is 10.3. The third-order valence-electron chi connectivity index (χ3n) is 1.72. The van der Waals surface area contributed by atoms with Gasteiger partial charge in [-0.2, -0.15) is 0 Å². The zero-order valence-corrected chi connectivity index (χ0v) is 8.38. The summed E-state index contributed by atoms with van der Waals surface area (Å²) in [5, 5.41) is 0.592. The van der Waals surface area contributed by atoms with Gasteiger partial charge in [0.15, 0.2) is 0 Å². The maximum Gasteiger partial charge on any atom is 0.219 e.